The maximum Gasteiger partial charge on any atom is 0.324 e. The van der Waals surface area contributed by atoms with Crippen molar-refractivity contribution in [2.24, 2.45) is 0 Å². The Morgan fingerprint density at radius 1 is 1.27 bits per heavy atom. The van der Waals surface area contributed by atoms with Crippen LogP contribution in [0.15, 0.2) is 42.6 Å². The fourth-order valence-electron chi connectivity index (χ4n) is 1.59. The van der Waals surface area contributed by atoms with Crippen LogP contribution >= 0.6 is 0 Å². The lowest BCUT2D eigenvalue weighted by Gasteiger charge is -2.28. The van der Waals surface area contributed by atoms with Crippen LogP contribution < -0.4 is 0 Å². The summed E-state index contributed by atoms with van der Waals surface area (Å²) < 4.78 is 0. The smallest absolute Gasteiger partial charge is 0.324 e. The van der Waals surface area contributed by atoms with Crippen molar-refractivity contribution >= 4 is 6.03 Å². The SMILES string of the molecule is CN1CC=CN(Cc2ccccc2)C1=O. The highest BCUT2D eigenvalue weighted by molar-refractivity contribution is 5.76. The summed E-state index contributed by atoms with van der Waals surface area (Å²) in [6.07, 6.45) is 3.85. The zero-order valence-electron chi connectivity index (χ0n) is 8.76. The second-order valence-corrected chi connectivity index (χ2v) is 3.66. The Kier molecular flexibility index (Phi) is 2.72. The van der Waals surface area contributed by atoms with Crippen molar-refractivity contribution in [2.45, 2.75) is 6.54 Å². The number of likely N-dealkylation sites (N-methyl/N-ethyl adjacent to an activating group) is 1. The highest BCUT2D eigenvalue weighted by Crippen LogP contribution is 2.10. The first-order chi connectivity index (χ1) is 7.27. The van der Waals surface area contributed by atoms with Crippen LogP contribution in [0.4, 0.5) is 4.79 Å². The third-order valence-electron chi connectivity index (χ3n) is 2.43. The molecule has 78 valence electrons. The molecule has 1 heterocycles. The summed E-state index contributed by atoms with van der Waals surface area (Å²) in [5, 5.41) is 0. The van der Waals surface area contributed by atoms with Crippen LogP contribution in [0.1, 0.15) is 5.56 Å². The standard InChI is InChI=1S/C12H14N2O/c1-13-8-5-9-14(12(13)15)10-11-6-3-2-4-7-11/h2-7,9H,8,10H2,1H3. The van der Waals surface area contributed by atoms with Crippen LogP contribution in [0.5, 0.6) is 0 Å². The van der Waals surface area contributed by atoms with Crippen molar-refractivity contribution in [1.29, 1.82) is 0 Å². The van der Waals surface area contributed by atoms with Gasteiger partial charge in [-0.25, -0.2) is 4.79 Å². The third-order valence-corrected chi connectivity index (χ3v) is 2.43. The van der Waals surface area contributed by atoms with Gasteiger partial charge >= 0.3 is 6.03 Å². The highest BCUT2D eigenvalue weighted by Gasteiger charge is 2.18. The Hall–Kier alpha value is -1.77. The van der Waals surface area contributed by atoms with E-state index in [1.165, 1.54) is 0 Å². The Bertz CT molecular complexity index is 372. The van der Waals surface area contributed by atoms with Gasteiger partial charge in [0.25, 0.3) is 0 Å². The van der Waals surface area contributed by atoms with Crippen LogP contribution in [0.3, 0.4) is 0 Å². The van der Waals surface area contributed by atoms with E-state index in [9.17, 15) is 4.79 Å². The topological polar surface area (TPSA) is 23.6 Å². The number of benzene rings is 1. The van der Waals surface area contributed by atoms with Gasteiger partial charge in [0, 0.05) is 19.8 Å². The summed E-state index contributed by atoms with van der Waals surface area (Å²) in [6.45, 7) is 1.34. The number of carbonyl (C=O) groups is 1. The summed E-state index contributed by atoms with van der Waals surface area (Å²) in [6, 6.07) is 10.0. The zero-order valence-corrected chi connectivity index (χ0v) is 8.76. The fourth-order valence-corrected chi connectivity index (χ4v) is 1.59. The molecular weight excluding hydrogens is 188 g/mol. The van der Waals surface area contributed by atoms with Gasteiger partial charge in [0.05, 0.1) is 6.54 Å². The molecule has 0 radical (unpaired) electrons. The van der Waals surface area contributed by atoms with Crippen LogP contribution in [-0.4, -0.2) is 29.4 Å². The Balaban J connectivity index is 2.09. The molecule has 1 aromatic carbocycles. The first kappa shape index (κ1) is 9.77. The highest BCUT2D eigenvalue weighted by atomic mass is 16.2. The molecule has 0 bridgehead atoms. The number of hydrogen-bond acceptors (Lipinski definition) is 1. The lowest BCUT2D eigenvalue weighted by atomic mass is 10.2. The van der Waals surface area contributed by atoms with Crippen molar-refractivity contribution in [1.82, 2.24) is 9.80 Å². The molecule has 1 aromatic rings. The van der Waals surface area contributed by atoms with E-state index in [1.807, 2.05) is 49.7 Å². The van der Waals surface area contributed by atoms with Crippen LogP contribution in [0, 0.1) is 0 Å². The van der Waals surface area contributed by atoms with E-state index in [0.717, 1.165) is 5.56 Å². The lowest BCUT2D eigenvalue weighted by Crippen LogP contribution is -2.40. The van der Waals surface area contributed by atoms with Gasteiger partial charge in [0.15, 0.2) is 0 Å². The first-order valence-corrected chi connectivity index (χ1v) is 5.00. The van der Waals surface area contributed by atoms with Crippen molar-refractivity contribution in [3.8, 4) is 0 Å². The maximum absolute atomic E-state index is 11.7. The monoisotopic (exact) mass is 202 g/mol. The molecule has 0 saturated carbocycles. The summed E-state index contributed by atoms with van der Waals surface area (Å²) in [7, 11) is 1.81. The third kappa shape index (κ3) is 2.18. The molecule has 0 unspecified atom stereocenters. The van der Waals surface area contributed by atoms with E-state index in [1.54, 1.807) is 9.80 Å². The minimum absolute atomic E-state index is 0.0568. The van der Waals surface area contributed by atoms with Crippen LogP contribution in [0.2, 0.25) is 0 Å². The van der Waals surface area contributed by atoms with E-state index >= 15 is 0 Å². The number of rotatable bonds is 2. The molecule has 15 heavy (non-hydrogen) atoms. The predicted molar refractivity (Wildman–Crippen MR) is 59.2 cm³/mol. The van der Waals surface area contributed by atoms with E-state index in [2.05, 4.69) is 0 Å². The quantitative estimate of drug-likeness (QED) is 0.720. The molecule has 0 fully saturated rings. The van der Waals surface area contributed by atoms with Gasteiger partial charge in [-0.3, -0.25) is 4.90 Å². The molecule has 2 rings (SSSR count). The van der Waals surface area contributed by atoms with E-state index < -0.39 is 0 Å². The normalized spacial score (nSPS) is 15.9. The molecule has 3 nitrogen and oxygen atoms in total. The fraction of sp³-hybridized carbons (Fsp3) is 0.250. The van der Waals surface area contributed by atoms with Gasteiger partial charge in [-0.05, 0) is 11.6 Å². The average Bonchev–Trinajstić information content (AvgIpc) is 2.26. The average molecular weight is 202 g/mol. The zero-order chi connectivity index (χ0) is 10.7. The number of carbonyl (C=O) groups excluding carboxylic acids is 1. The second-order valence-electron chi connectivity index (χ2n) is 3.66. The molecular formula is C12H14N2O. The number of hydrogen-bond donors (Lipinski definition) is 0. The summed E-state index contributed by atoms with van der Waals surface area (Å²) in [5.74, 6) is 0. The van der Waals surface area contributed by atoms with E-state index in [-0.39, 0.29) is 6.03 Å². The molecule has 0 saturated heterocycles. The van der Waals surface area contributed by atoms with E-state index in [0.29, 0.717) is 13.1 Å². The van der Waals surface area contributed by atoms with Gasteiger partial charge in [-0.15, -0.1) is 0 Å². The summed E-state index contributed by atoms with van der Waals surface area (Å²) in [4.78, 5) is 15.1. The molecule has 0 aromatic heterocycles. The minimum atomic E-state index is 0.0568. The minimum Gasteiger partial charge on any atom is -0.324 e. The largest absolute Gasteiger partial charge is 0.324 e. The summed E-state index contributed by atoms with van der Waals surface area (Å²) in [5.41, 5.74) is 1.14. The lowest BCUT2D eigenvalue weighted by molar-refractivity contribution is 0.177. The predicted octanol–water partition coefficient (Wildman–Crippen LogP) is 2.07. The molecule has 0 atom stereocenters. The molecule has 3 heteroatoms. The number of urea groups is 1. The molecule has 0 spiro atoms. The van der Waals surface area contributed by atoms with E-state index in [4.69, 9.17) is 0 Å². The Labute approximate surface area is 89.6 Å². The van der Waals surface area contributed by atoms with Crippen molar-refractivity contribution in [2.75, 3.05) is 13.6 Å². The molecule has 1 aliphatic heterocycles. The van der Waals surface area contributed by atoms with Gasteiger partial charge in [0.2, 0.25) is 0 Å². The van der Waals surface area contributed by atoms with Gasteiger partial charge in [0.1, 0.15) is 0 Å². The maximum atomic E-state index is 11.7. The van der Waals surface area contributed by atoms with Crippen molar-refractivity contribution < 1.29 is 4.79 Å². The molecule has 2 amide bonds. The van der Waals surface area contributed by atoms with Crippen LogP contribution in [0.25, 0.3) is 0 Å². The van der Waals surface area contributed by atoms with Crippen LogP contribution in [-0.2, 0) is 6.54 Å². The number of amides is 2. The Morgan fingerprint density at radius 2 is 2.00 bits per heavy atom. The van der Waals surface area contributed by atoms with Gasteiger partial charge in [-0.1, -0.05) is 30.3 Å². The first-order valence-electron chi connectivity index (χ1n) is 5.00. The molecule has 0 N–H and O–H groups in total. The molecule has 0 aliphatic carbocycles. The van der Waals surface area contributed by atoms with Crippen molar-refractivity contribution in [3.63, 3.8) is 0 Å². The van der Waals surface area contributed by atoms with Crippen molar-refractivity contribution in [3.05, 3.63) is 48.2 Å². The summed E-state index contributed by atoms with van der Waals surface area (Å²) >= 11 is 0. The molecule has 1 aliphatic rings. The van der Waals surface area contributed by atoms with Gasteiger partial charge < -0.3 is 4.90 Å². The van der Waals surface area contributed by atoms with Gasteiger partial charge in [-0.2, -0.15) is 0 Å². The second kappa shape index (κ2) is 4.17. The number of nitrogens with zero attached hydrogens (tertiary/aromatic N) is 2. The Morgan fingerprint density at radius 3 is 2.73 bits per heavy atom.